The summed E-state index contributed by atoms with van der Waals surface area (Å²) in [5.41, 5.74) is 4.26. The lowest BCUT2D eigenvalue weighted by Gasteiger charge is -2.36. The molecule has 1 N–H and O–H groups in total. The van der Waals surface area contributed by atoms with Crippen LogP contribution in [-0.4, -0.2) is 55.8 Å². The molecular formula is C23H29N3O3S. The number of nitrogens with one attached hydrogen (secondary N) is 1. The summed E-state index contributed by atoms with van der Waals surface area (Å²) in [5.74, 6) is -0.0702. The second-order valence-electron chi connectivity index (χ2n) is 8.20. The molecular weight excluding hydrogens is 398 g/mol. The number of fused-ring (bicyclic) bond motifs is 1. The van der Waals surface area contributed by atoms with Crippen molar-refractivity contribution >= 4 is 21.6 Å². The number of anilines is 1. The van der Waals surface area contributed by atoms with Gasteiger partial charge in [0.25, 0.3) is 0 Å². The smallest absolute Gasteiger partial charge is 0.243 e. The van der Waals surface area contributed by atoms with Crippen molar-refractivity contribution in [1.29, 1.82) is 0 Å². The number of hydrogen-bond acceptors (Lipinski definition) is 4. The first kappa shape index (κ1) is 21.0. The number of amides is 1. The van der Waals surface area contributed by atoms with Crippen LogP contribution in [0, 0.1) is 6.92 Å². The van der Waals surface area contributed by atoms with Crippen molar-refractivity contribution in [2.45, 2.75) is 44.0 Å². The number of piperazine rings is 1. The Kier molecular flexibility index (Phi) is 5.95. The number of benzene rings is 2. The minimum Gasteiger partial charge on any atom is -0.324 e. The average molecular weight is 428 g/mol. The summed E-state index contributed by atoms with van der Waals surface area (Å²) in [5, 5.41) is 2.99. The first-order valence-corrected chi connectivity index (χ1v) is 12.0. The van der Waals surface area contributed by atoms with Gasteiger partial charge < -0.3 is 5.32 Å². The van der Waals surface area contributed by atoms with Gasteiger partial charge in [-0.25, -0.2) is 8.42 Å². The van der Waals surface area contributed by atoms with Crippen molar-refractivity contribution in [3.05, 3.63) is 59.2 Å². The number of carbonyl (C=O) groups is 1. The molecule has 30 heavy (non-hydrogen) atoms. The number of sulfonamides is 1. The van der Waals surface area contributed by atoms with Crippen LogP contribution in [0.3, 0.4) is 0 Å². The van der Waals surface area contributed by atoms with Crippen molar-refractivity contribution in [1.82, 2.24) is 9.21 Å². The predicted molar refractivity (Wildman–Crippen MR) is 118 cm³/mol. The van der Waals surface area contributed by atoms with Crippen LogP contribution in [0.1, 0.15) is 30.0 Å². The van der Waals surface area contributed by atoms with Crippen LogP contribution in [-0.2, 0) is 27.7 Å². The monoisotopic (exact) mass is 427 g/mol. The zero-order valence-corrected chi connectivity index (χ0v) is 18.4. The van der Waals surface area contributed by atoms with Gasteiger partial charge in [0.1, 0.15) is 0 Å². The van der Waals surface area contributed by atoms with Crippen molar-refractivity contribution in [2.24, 2.45) is 0 Å². The van der Waals surface area contributed by atoms with Gasteiger partial charge >= 0.3 is 0 Å². The van der Waals surface area contributed by atoms with E-state index in [1.807, 2.05) is 55.1 Å². The Morgan fingerprint density at radius 1 is 1.00 bits per heavy atom. The largest absolute Gasteiger partial charge is 0.324 e. The highest BCUT2D eigenvalue weighted by atomic mass is 32.2. The summed E-state index contributed by atoms with van der Waals surface area (Å²) in [6.45, 7) is 5.68. The Morgan fingerprint density at radius 2 is 1.70 bits per heavy atom. The molecule has 2 aliphatic rings. The van der Waals surface area contributed by atoms with Crippen LogP contribution in [0.5, 0.6) is 0 Å². The van der Waals surface area contributed by atoms with Gasteiger partial charge in [0.15, 0.2) is 0 Å². The van der Waals surface area contributed by atoms with Crippen LogP contribution >= 0.6 is 0 Å². The summed E-state index contributed by atoms with van der Waals surface area (Å²) < 4.78 is 27.8. The zero-order chi connectivity index (χ0) is 21.3. The van der Waals surface area contributed by atoms with Gasteiger partial charge in [-0.2, -0.15) is 4.31 Å². The summed E-state index contributed by atoms with van der Waals surface area (Å²) >= 11 is 0. The van der Waals surface area contributed by atoms with E-state index in [0.717, 1.165) is 36.1 Å². The van der Waals surface area contributed by atoms with Crippen molar-refractivity contribution in [3.8, 4) is 0 Å². The third-order valence-electron chi connectivity index (χ3n) is 6.31. The molecule has 0 saturated carbocycles. The lowest BCUT2D eigenvalue weighted by atomic mass is 10.1. The predicted octanol–water partition coefficient (Wildman–Crippen LogP) is 2.82. The molecule has 2 aromatic rings. The molecule has 1 heterocycles. The van der Waals surface area contributed by atoms with Crippen LogP contribution < -0.4 is 5.32 Å². The zero-order valence-electron chi connectivity index (χ0n) is 17.6. The number of carbonyl (C=O) groups excluding carboxylic acids is 1. The Hall–Kier alpha value is -2.22. The molecule has 6 nitrogen and oxygen atoms in total. The average Bonchev–Trinajstić information content (AvgIpc) is 3.23. The molecule has 2 aromatic carbocycles. The fourth-order valence-corrected chi connectivity index (χ4v) is 5.78. The molecule has 1 aliphatic heterocycles. The fraction of sp³-hybridized carbons (Fsp3) is 0.435. The standard InChI is InChI=1S/C23H29N3O3S/c1-17-6-3-4-9-22(17)24-23(27)18(2)25-12-14-26(15-13-25)30(28,29)21-11-10-19-7-5-8-20(19)16-21/h3-4,6,9-11,16,18H,5,7-8,12-15H2,1-2H3,(H,24,27)/t18-/m1/s1. The topological polar surface area (TPSA) is 69.7 Å². The molecule has 4 rings (SSSR count). The van der Waals surface area contributed by atoms with Gasteiger partial charge in [0, 0.05) is 31.9 Å². The normalized spacial score (nSPS) is 18.7. The van der Waals surface area contributed by atoms with Gasteiger partial charge in [0.05, 0.1) is 10.9 Å². The third-order valence-corrected chi connectivity index (χ3v) is 8.21. The molecule has 1 atom stereocenters. The highest BCUT2D eigenvalue weighted by Gasteiger charge is 2.32. The van der Waals surface area contributed by atoms with E-state index >= 15 is 0 Å². The molecule has 7 heteroatoms. The molecule has 160 valence electrons. The van der Waals surface area contributed by atoms with Crippen LogP contribution in [0.25, 0.3) is 0 Å². The first-order valence-electron chi connectivity index (χ1n) is 10.6. The molecule has 1 amide bonds. The lowest BCUT2D eigenvalue weighted by molar-refractivity contribution is -0.121. The van der Waals surface area contributed by atoms with Gasteiger partial charge in [0.2, 0.25) is 15.9 Å². The van der Waals surface area contributed by atoms with E-state index in [0.29, 0.717) is 31.1 Å². The van der Waals surface area contributed by atoms with Crippen LogP contribution in [0.4, 0.5) is 5.69 Å². The molecule has 1 saturated heterocycles. The molecule has 0 aromatic heterocycles. The van der Waals surface area contributed by atoms with E-state index in [-0.39, 0.29) is 11.9 Å². The summed E-state index contributed by atoms with van der Waals surface area (Å²) in [6, 6.07) is 12.9. The minimum absolute atomic E-state index is 0.0702. The summed E-state index contributed by atoms with van der Waals surface area (Å²) in [4.78, 5) is 15.1. The van der Waals surface area contributed by atoms with Crippen molar-refractivity contribution in [3.63, 3.8) is 0 Å². The molecule has 0 spiro atoms. The quantitative estimate of drug-likeness (QED) is 0.797. The third kappa shape index (κ3) is 4.15. The number of para-hydroxylation sites is 1. The van der Waals surface area contributed by atoms with Gasteiger partial charge in [-0.15, -0.1) is 0 Å². The van der Waals surface area contributed by atoms with Gasteiger partial charge in [-0.3, -0.25) is 9.69 Å². The second kappa shape index (κ2) is 8.49. The number of rotatable bonds is 5. The second-order valence-corrected chi connectivity index (χ2v) is 10.1. The molecule has 0 radical (unpaired) electrons. The van der Waals surface area contributed by atoms with Crippen LogP contribution in [0.2, 0.25) is 0 Å². The fourth-order valence-electron chi connectivity index (χ4n) is 4.31. The van der Waals surface area contributed by atoms with Crippen molar-refractivity contribution in [2.75, 3.05) is 31.5 Å². The maximum Gasteiger partial charge on any atom is 0.243 e. The Balaban J connectivity index is 1.38. The summed E-state index contributed by atoms with van der Waals surface area (Å²) in [7, 11) is -3.50. The Labute approximate surface area is 178 Å². The molecule has 1 fully saturated rings. The summed E-state index contributed by atoms with van der Waals surface area (Å²) in [6.07, 6.45) is 3.09. The molecule has 1 aliphatic carbocycles. The van der Waals surface area contributed by atoms with E-state index in [1.165, 1.54) is 5.56 Å². The van der Waals surface area contributed by atoms with Crippen LogP contribution in [0.15, 0.2) is 47.4 Å². The number of aryl methyl sites for hydroxylation is 3. The van der Waals surface area contributed by atoms with E-state index < -0.39 is 10.0 Å². The highest BCUT2D eigenvalue weighted by molar-refractivity contribution is 7.89. The number of hydrogen-bond donors (Lipinski definition) is 1. The SMILES string of the molecule is Cc1ccccc1NC(=O)[C@@H](C)N1CCN(S(=O)(=O)c2ccc3c(c2)CCC3)CC1. The maximum absolute atomic E-state index is 13.1. The Bertz CT molecular complexity index is 1040. The molecule has 0 bridgehead atoms. The van der Waals surface area contributed by atoms with Crippen molar-refractivity contribution < 1.29 is 13.2 Å². The lowest BCUT2D eigenvalue weighted by Crippen LogP contribution is -2.53. The maximum atomic E-state index is 13.1. The first-order chi connectivity index (χ1) is 14.4. The van der Waals surface area contributed by atoms with Gasteiger partial charge in [-0.05, 0) is 68.0 Å². The van der Waals surface area contributed by atoms with E-state index in [1.54, 1.807) is 10.4 Å². The highest BCUT2D eigenvalue weighted by Crippen LogP contribution is 2.27. The molecule has 0 unspecified atom stereocenters. The van der Waals surface area contributed by atoms with E-state index in [9.17, 15) is 13.2 Å². The van der Waals surface area contributed by atoms with Gasteiger partial charge in [-0.1, -0.05) is 24.3 Å². The Morgan fingerprint density at radius 3 is 2.43 bits per heavy atom. The van der Waals surface area contributed by atoms with E-state index in [4.69, 9.17) is 0 Å². The minimum atomic E-state index is -3.50. The number of nitrogens with zero attached hydrogens (tertiary/aromatic N) is 2. The van der Waals surface area contributed by atoms with E-state index in [2.05, 4.69) is 5.32 Å².